The van der Waals surface area contributed by atoms with Gasteiger partial charge < -0.3 is 3.83 Å². The van der Waals surface area contributed by atoms with Crippen molar-refractivity contribution in [2.24, 2.45) is 0 Å². The summed E-state index contributed by atoms with van der Waals surface area (Å²) in [5.74, 6) is 0. The third kappa shape index (κ3) is 2.02. The number of hydrogen-bond acceptors (Lipinski definition) is 3. The van der Waals surface area contributed by atoms with Crippen molar-refractivity contribution in [1.82, 2.24) is 0 Å². The molecule has 0 heterocycles. The highest BCUT2D eigenvalue weighted by Crippen LogP contribution is 2.18. The second-order valence-electron chi connectivity index (χ2n) is 2.14. The minimum atomic E-state index is -0.429. The van der Waals surface area contributed by atoms with Crippen molar-refractivity contribution in [1.29, 1.82) is 0 Å². The maximum absolute atomic E-state index is 10.4. The zero-order valence-corrected chi connectivity index (χ0v) is 7.65. The second-order valence-corrected chi connectivity index (χ2v) is 2.60. The summed E-state index contributed by atoms with van der Waals surface area (Å²) in [4.78, 5) is 10.0. The van der Waals surface area contributed by atoms with E-state index >= 15 is 0 Å². The lowest BCUT2D eigenvalue weighted by atomic mass is 10.2. The lowest BCUT2D eigenvalue weighted by molar-refractivity contribution is -0.385. The van der Waals surface area contributed by atoms with Gasteiger partial charge in [-0.15, -0.1) is 0 Å². The summed E-state index contributed by atoms with van der Waals surface area (Å²) in [5, 5.41) is 10.4. The van der Waals surface area contributed by atoms with Gasteiger partial charge in [-0.05, 0) is 6.07 Å². The molecule has 0 bridgehead atoms. The maximum Gasteiger partial charge on any atom is 0.274 e. The highest BCUT2D eigenvalue weighted by Gasteiger charge is 2.11. The Kier molecular flexibility index (Phi) is 3.19. The topological polar surface area (TPSA) is 52.4 Å². The van der Waals surface area contributed by atoms with Crippen molar-refractivity contribution >= 4 is 21.9 Å². The Morgan fingerprint density at radius 1 is 1.50 bits per heavy atom. The van der Waals surface area contributed by atoms with E-state index < -0.39 is 4.92 Å². The van der Waals surface area contributed by atoms with Gasteiger partial charge in [-0.2, -0.15) is 0 Å². The lowest BCUT2D eigenvalue weighted by Gasteiger charge is -1.98. The molecule has 0 N–H and O–H groups in total. The number of benzene rings is 1. The molecule has 0 unspecified atom stereocenters. The first-order chi connectivity index (χ1) is 5.75. The quantitative estimate of drug-likeness (QED) is 0.593. The van der Waals surface area contributed by atoms with E-state index in [4.69, 9.17) is 0 Å². The minimum Gasteiger partial charge on any atom is -0.303 e. The van der Waals surface area contributed by atoms with Crippen molar-refractivity contribution in [3.8, 4) is 0 Å². The molecule has 0 fully saturated rings. The largest absolute Gasteiger partial charge is 0.303 e. The molecule has 12 heavy (non-hydrogen) atoms. The van der Waals surface area contributed by atoms with Crippen molar-refractivity contribution in [2.45, 2.75) is 6.61 Å². The summed E-state index contributed by atoms with van der Waals surface area (Å²) in [6.07, 6.45) is 0. The SMILES string of the molecule is O=[N+]([O-])c1ccccc1COBr. The molecule has 0 aliphatic heterocycles. The number of hydrogen-bond donors (Lipinski definition) is 0. The Hall–Kier alpha value is -0.940. The molecular weight excluding hydrogens is 226 g/mol. The van der Waals surface area contributed by atoms with Gasteiger partial charge in [-0.3, -0.25) is 10.1 Å². The molecule has 0 amide bonds. The van der Waals surface area contributed by atoms with Crippen LogP contribution in [0.1, 0.15) is 5.56 Å². The number of para-hydroxylation sites is 1. The number of nitrogens with zero attached hydrogens (tertiary/aromatic N) is 1. The van der Waals surface area contributed by atoms with Crippen LogP contribution in [0.3, 0.4) is 0 Å². The van der Waals surface area contributed by atoms with Gasteiger partial charge in [-0.1, -0.05) is 12.1 Å². The van der Waals surface area contributed by atoms with E-state index in [1.807, 2.05) is 0 Å². The van der Waals surface area contributed by atoms with Gasteiger partial charge in [0.15, 0.2) is 0 Å². The van der Waals surface area contributed by atoms with E-state index in [1.165, 1.54) is 6.07 Å². The number of rotatable bonds is 3. The molecule has 1 aromatic rings. The fourth-order valence-electron chi connectivity index (χ4n) is 0.870. The monoisotopic (exact) mass is 231 g/mol. The summed E-state index contributed by atoms with van der Waals surface area (Å²) in [7, 11) is 0. The van der Waals surface area contributed by atoms with E-state index in [-0.39, 0.29) is 12.3 Å². The highest BCUT2D eigenvalue weighted by molar-refractivity contribution is 9.06. The molecule has 0 atom stereocenters. The van der Waals surface area contributed by atoms with E-state index in [9.17, 15) is 10.1 Å². The fourth-order valence-corrected chi connectivity index (χ4v) is 1.12. The third-order valence-corrected chi connectivity index (χ3v) is 1.63. The predicted octanol–water partition coefficient (Wildman–Crippen LogP) is 2.42. The first kappa shape index (κ1) is 9.15. The summed E-state index contributed by atoms with van der Waals surface area (Å²) in [6, 6.07) is 6.45. The van der Waals surface area contributed by atoms with Gasteiger partial charge in [0.05, 0.1) is 33.4 Å². The Bertz CT molecular complexity index is 290. The smallest absolute Gasteiger partial charge is 0.274 e. The zero-order valence-electron chi connectivity index (χ0n) is 6.07. The number of halogens is 1. The second kappa shape index (κ2) is 4.18. The van der Waals surface area contributed by atoms with Crippen LogP contribution in [0.5, 0.6) is 0 Å². The molecule has 0 aliphatic rings. The number of nitro groups is 1. The van der Waals surface area contributed by atoms with Crippen molar-refractivity contribution in [3.05, 3.63) is 39.9 Å². The predicted molar refractivity (Wildman–Crippen MR) is 46.8 cm³/mol. The van der Waals surface area contributed by atoms with Crippen LogP contribution in [-0.2, 0) is 10.4 Å². The first-order valence-corrected chi connectivity index (χ1v) is 3.86. The van der Waals surface area contributed by atoms with Crippen LogP contribution in [0.25, 0.3) is 0 Å². The van der Waals surface area contributed by atoms with Crippen LogP contribution >= 0.6 is 16.3 Å². The normalized spacial score (nSPS) is 9.75. The van der Waals surface area contributed by atoms with Gasteiger partial charge in [0.1, 0.15) is 0 Å². The molecular formula is C7H6BrNO3. The Labute approximate surface area is 77.8 Å². The van der Waals surface area contributed by atoms with Gasteiger partial charge in [0.25, 0.3) is 5.69 Å². The van der Waals surface area contributed by atoms with E-state index in [0.29, 0.717) is 5.56 Å². The minimum absolute atomic E-state index is 0.0805. The van der Waals surface area contributed by atoms with Crippen LogP contribution in [0.15, 0.2) is 24.3 Å². The average molecular weight is 232 g/mol. The first-order valence-electron chi connectivity index (χ1n) is 3.21. The Balaban J connectivity index is 3.00. The summed E-state index contributed by atoms with van der Waals surface area (Å²) in [5.41, 5.74) is 0.635. The fraction of sp³-hybridized carbons (Fsp3) is 0.143. The molecule has 0 aromatic heterocycles. The molecule has 64 valence electrons. The van der Waals surface area contributed by atoms with E-state index in [2.05, 4.69) is 20.1 Å². The van der Waals surface area contributed by atoms with Gasteiger partial charge in [0, 0.05) is 6.07 Å². The molecule has 0 saturated heterocycles. The molecule has 0 aliphatic carbocycles. The molecule has 1 rings (SSSR count). The zero-order chi connectivity index (χ0) is 8.97. The van der Waals surface area contributed by atoms with Gasteiger partial charge in [-0.25, -0.2) is 0 Å². The summed E-state index contributed by atoms with van der Waals surface area (Å²) >= 11 is 2.75. The van der Waals surface area contributed by atoms with Crippen LogP contribution < -0.4 is 0 Å². The van der Waals surface area contributed by atoms with Crippen molar-refractivity contribution < 1.29 is 8.75 Å². The molecule has 0 saturated carbocycles. The molecule has 5 heteroatoms. The van der Waals surface area contributed by atoms with Gasteiger partial charge in [0.2, 0.25) is 0 Å². The molecule has 4 nitrogen and oxygen atoms in total. The highest BCUT2D eigenvalue weighted by atomic mass is 79.9. The van der Waals surface area contributed by atoms with Crippen molar-refractivity contribution in [3.63, 3.8) is 0 Å². The van der Waals surface area contributed by atoms with Crippen LogP contribution in [0.4, 0.5) is 5.69 Å². The Morgan fingerprint density at radius 3 is 2.75 bits per heavy atom. The molecule has 0 spiro atoms. The molecule has 1 aromatic carbocycles. The summed E-state index contributed by atoms with van der Waals surface area (Å²) < 4.78 is 4.63. The van der Waals surface area contributed by atoms with E-state index in [1.54, 1.807) is 18.2 Å². The maximum atomic E-state index is 10.4. The summed E-state index contributed by atoms with van der Waals surface area (Å²) in [6.45, 7) is 0.192. The molecule has 0 radical (unpaired) electrons. The number of nitro benzene ring substituents is 1. The van der Waals surface area contributed by atoms with Crippen LogP contribution in [-0.4, -0.2) is 4.92 Å². The standard InChI is InChI=1S/C7H6BrNO3/c8-12-5-6-3-1-2-4-7(6)9(10)11/h1-4H,5H2. The average Bonchev–Trinajstić information content (AvgIpc) is 2.05. The van der Waals surface area contributed by atoms with Crippen LogP contribution in [0.2, 0.25) is 0 Å². The van der Waals surface area contributed by atoms with Crippen molar-refractivity contribution in [2.75, 3.05) is 0 Å². The van der Waals surface area contributed by atoms with Gasteiger partial charge >= 0.3 is 0 Å². The lowest BCUT2D eigenvalue weighted by Crippen LogP contribution is -1.94. The van der Waals surface area contributed by atoms with Crippen LogP contribution in [0, 0.1) is 10.1 Å². The third-order valence-electron chi connectivity index (χ3n) is 1.40. The van der Waals surface area contributed by atoms with E-state index in [0.717, 1.165) is 0 Å². The Morgan fingerprint density at radius 2 is 2.17 bits per heavy atom.